The minimum atomic E-state index is -0.752. The number of benzene rings is 2. The summed E-state index contributed by atoms with van der Waals surface area (Å²) in [5.74, 6) is 3.56. The number of hydrogen-bond acceptors (Lipinski definition) is 2. The fourth-order valence-electron chi connectivity index (χ4n) is 1.69. The van der Waals surface area contributed by atoms with Gasteiger partial charge in [0, 0.05) is 22.9 Å². The van der Waals surface area contributed by atoms with Crippen LogP contribution < -0.4 is 11.1 Å². The van der Waals surface area contributed by atoms with Crippen molar-refractivity contribution in [2.45, 2.75) is 0 Å². The van der Waals surface area contributed by atoms with Gasteiger partial charge in [0.1, 0.15) is 11.6 Å². The van der Waals surface area contributed by atoms with Gasteiger partial charge in [-0.3, -0.25) is 4.79 Å². The number of amides is 1. The van der Waals surface area contributed by atoms with E-state index in [2.05, 4.69) is 17.2 Å². The summed E-state index contributed by atoms with van der Waals surface area (Å²) in [5.41, 5.74) is 6.42. The maximum Gasteiger partial charge on any atom is 0.255 e. The lowest BCUT2D eigenvalue weighted by molar-refractivity contribution is 0.102. The van der Waals surface area contributed by atoms with Crippen LogP contribution in [0.25, 0.3) is 0 Å². The van der Waals surface area contributed by atoms with Crippen LogP contribution in [0, 0.1) is 23.5 Å². The molecule has 0 unspecified atom stereocenters. The monoisotopic (exact) mass is 286 g/mol. The minimum Gasteiger partial charge on any atom is -0.322 e. The Balaban J connectivity index is 2.13. The molecule has 0 atom stereocenters. The molecule has 0 fully saturated rings. The van der Waals surface area contributed by atoms with Gasteiger partial charge in [-0.25, -0.2) is 8.78 Å². The van der Waals surface area contributed by atoms with Crippen molar-refractivity contribution in [1.29, 1.82) is 0 Å². The van der Waals surface area contributed by atoms with E-state index in [1.165, 1.54) is 0 Å². The third-order valence-corrected chi connectivity index (χ3v) is 2.60. The molecule has 0 saturated heterocycles. The zero-order valence-electron chi connectivity index (χ0n) is 11.0. The van der Waals surface area contributed by atoms with Crippen LogP contribution in [0.4, 0.5) is 14.5 Å². The van der Waals surface area contributed by atoms with Crippen LogP contribution in [0.5, 0.6) is 0 Å². The summed E-state index contributed by atoms with van der Waals surface area (Å²) in [6.07, 6.45) is 0. The van der Waals surface area contributed by atoms with E-state index < -0.39 is 17.5 Å². The maximum absolute atomic E-state index is 13.0. The molecule has 0 aliphatic heterocycles. The van der Waals surface area contributed by atoms with Gasteiger partial charge in [0.05, 0.1) is 6.54 Å². The van der Waals surface area contributed by atoms with Crippen molar-refractivity contribution in [3.05, 3.63) is 65.2 Å². The summed E-state index contributed by atoms with van der Waals surface area (Å²) in [4.78, 5) is 11.9. The second-order valence-electron chi connectivity index (χ2n) is 4.20. The molecule has 0 radical (unpaired) electrons. The van der Waals surface area contributed by atoms with Crippen LogP contribution in [0.15, 0.2) is 42.5 Å². The summed E-state index contributed by atoms with van der Waals surface area (Å²) >= 11 is 0. The minimum absolute atomic E-state index is 0.0597. The molecule has 0 aromatic heterocycles. The van der Waals surface area contributed by atoms with Crippen molar-refractivity contribution < 1.29 is 13.6 Å². The topological polar surface area (TPSA) is 55.1 Å². The standard InChI is InChI=1S/C16H12F2N2O/c17-13-8-14(18)10-15(9-13)20-16(21)12-5-3-11(4-6-12)2-1-7-19/h3-6,8-10H,7,19H2,(H,20,21). The van der Waals surface area contributed by atoms with E-state index in [-0.39, 0.29) is 12.2 Å². The lowest BCUT2D eigenvalue weighted by Gasteiger charge is -2.05. The zero-order chi connectivity index (χ0) is 15.2. The van der Waals surface area contributed by atoms with Crippen molar-refractivity contribution in [2.24, 2.45) is 5.73 Å². The third kappa shape index (κ3) is 4.13. The Morgan fingerprint density at radius 2 is 1.71 bits per heavy atom. The van der Waals surface area contributed by atoms with E-state index in [0.717, 1.165) is 23.8 Å². The molecule has 106 valence electrons. The normalized spacial score (nSPS) is 9.67. The van der Waals surface area contributed by atoms with E-state index in [0.29, 0.717) is 5.56 Å². The molecule has 3 N–H and O–H groups in total. The van der Waals surface area contributed by atoms with Crippen LogP contribution in [-0.2, 0) is 0 Å². The van der Waals surface area contributed by atoms with E-state index in [1.807, 2.05) is 0 Å². The van der Waals surface area contributed by atoms with Crippen molar-refractivity contribution in [2.75, 3.05) is 11.9 Å². The van der Waals surface area contributed by atoms with E-state index in [9.17, 15) is 13.6 Å². The van der Waals surface area contributed by atoms with Crippen molar-refractivity contribution in [1.82, 2.24) is 0 Å². The van der Waals surface area contributed by atoms with E-state index in [4.69, 9.17) is 5.73 Å². The number of carbonyl (C=O) groups is 1. The summed E-state index contributed by atoms with van der Waals surface area (Å²) in [6, 6.07) is 9.31. The highest BCUT2D eigenvalue weighted by Gasteiger charge is 2.07. The highest BCUT2D eigenvalue weighted by molar-refractivity contribution is 6.04. The first kappa shape index (κ1) is 14.7. The number of hydrogen-bond donors (Lipinski definition) is 2. The molecule has 0 heterocycles. The second-order valence-corrected chi connectivity index (χ2v) is 4.20. The Bertz CT molecular complexity index is 695. The summed E-state index contributed by atoms with van der Waals surface area (Å²) in [7, 11) is 0. The third-order valence-electron chi connectivity index (χ3n) is 2.60. The van der Waals surface area contributed by atoms with Crippen LogP contribution in [0.1, 0.15) is 15.9 Å². The zero-order valence-corrected chi connectivity index (χ0v) is 11.0. The number of anilines is 1. The fourth-order valence-corrected chi connectivity index (χ4v) is 1.69. The Hall–Kier alpha value is -2.71. The lowest BCUT2D eigenvalue weighted by atomic mass is 10.1. The van der Waals surface area contributed by atoms with Gasteiger partial charge in [-0.15, -0.1) is 0 Å². The highest BCUT2D eigenvalue weighted by Crippen LogP contribution is 2.14. The SMILES string of the molecule is NCC#Cc1ccc(C(=O)Nc2cc(F)cc(F)c2)cc1. The van der Waals surface area contributed by atoms with E-state index in [1.54, 1.807) is 24.3 Å². The lowest BCUT2D eigenvalue weighted by Crippen LogP contribution is -2.12. The number of nitrogens with two attached hydrogens (primary N) is 1. The van der Waals surface area contributed by atoms with Gasteiger partial charge in [0.25, 0.3) is 5.91 Å². The number of nitrogens with one attached hydrogen (secondary N) is 1. The Morgan fingerprint density at radius 1 is 1.10 bits per heavy atom. The molecule has 2 aromatic rings. The van der Waals surface area contributed by atoms with Gasteiger partial charge in [0.2, 0.25) is 0 Å². The molecule has 0 aliphatic carbocycles. The highest BCUT2D eigenvalue weighted by atomic mass is 19.1. The predicted molar refractivity (Wildman–Crippen MR) is 76.7 cm³/mol. The molecule has 0 saturated carbocycles. The summed E-state index contributed by atoms with van der Waals surface area (Å²) < 4.78 is 26.1. The van der Waals surface area contributed by atoms with Crippen LogP contribution >= 0.6 is 0 Å². The van der Waals surface area contributed by atoms with Gasteiger partial charge in [-0.05, 0) is 36.4 Å². The number of rotatable bonds is 2. The number of carbonyl (C=O) groups excluding carboxylic acids is 1. The van der Waals surface area contributed by atoms with Gasteiger partial charge in [-0.2, -0.15) is 0 Å². The Kier molecular flexibility index (Phi) is 4.64. The van der Waals surface area contributed by atoms with Crippen LogP contribution in [0.2, 0.25) is 0 Å². The van der Waals surface area contributed by atoms with Gasteiger partial charge >= 0.3 is 0 Å². The molecule has 0 aliphatic rings. The van der Waals surface area contributed by atoms with E-state index >= 15 is 0 Å². The first-order valence-electron chi connectivity index (χ1n) is 6.15. The van der Waals surface area contributed by atoms with Crippen molar-refractivity contribution in [3.63, 3.8) is 0 Å². The van der Waals surface area contributed by atoms with Gasteiger partial charge < -0.3 is 11.1 Å². The Labute approximate surface area is 120 Å². The summed E-state index contributed by atoms with van der Waals surface area (Å²) in [6.45, 7) is 0.257. The molecule has 1 amide bonds. The predicted octanol–water partition coefficient (Wildman–Crippen LogP) is 2.53. The molecule has 2 rings (SSSR count). The molecule has 0 bridgehead atoms. The molecule has 5 heteroatoms. The molecule has 3 nitrogen and oxygen atoms in total. The summed E-state index contributed by atoms with van der Waals surface area (Å²) in [5, 5.41) is 2.43. The fraction of sp³-hybridized carbons (Fsp3) is 0.0625. The maximum atomic E-state index is 13.0. The Morgan fingerprint density at radius 3 is 2.29 bits per heavy atom. The number of halogens is 2. The van der Waals surface area contributed by atoms with Gasteiger partial charge in [-0.1, -0.05) is 11.8 Å². The smallest absolute Gasteiger partial charge is 0.255 e. The largest absolute Gasteiger partial charge is 0.322 e. The van der Waals surface area contributed by atoms with Gasteiger partial charge in [0.15, 0.2) is 0 Å². The average Bonchev–Trinajstić information content (AvgIpc) is 2.44. The van der Waals surface area contributed by atoms with Crippen molar-refractivity contribution in [3.8, 4) is 11.8 Å². The average molecular weight is 286 g/mol. The van der Waals surface area contributed by atoms with Crippen LogP contribution in [0.3, 0.4) is 0 Å². The molecule has 0 spiro atoms. The molecular formula is C16H12F2N2O. The molecule has 21 heavy (non-hydrogen) atoms. The molecular weight excluding hydrogens is 274 g/mol. The van der Waals surface area contributed by atoms with Crippen LogP contribution in [-0.4, -0.2) is 12.5 Å². The van der Waals surface area contributed by atoms with Crippen molar-refractivity contribution >= 4 is 11.6 Å². The quantitative estimate of drug-likeness (QED) is 0.834. The first-order valence-corrected chi connectivity index (χ1v) is 6.15. The molecule has 2 aromatic carbocycles. The first-order chi connectivity index (χ1) is 10.1. The second kappa shape index (κ2) is 6.64.